The summed E-state index contributed by atoms with van der Waals surface area (Å²) < 4.78 is 0. The fourth-order valence-electron chi connectivity index (χ4n) is 1.82. The minimum absolute atomic E-state index is 0.0338. The van der Waals surface area contributed by atoms with Gasteiger partial charge in [-0.1, -0.05) is 26.2 Å². The molecule has 0 aromatic carbocycles. The maximum Gasteiger partial charge on any atom is 0.0568 e. The van der Waals surface area contributed by atoms with Crippen LogP contribution in [-0.2, 0) is 0 Å². The van der Waals surface area contributed by atoms with Crippen LogP contribution >= 0.6 is 0 Å². The molecule has 1 nitrogen and oxygen atoms in total. The van der Waals surface area contributed by atoms with Gasteiger partial charge in [-0.15, -0.1) is 0 Å². The van der Waals surface area contributed by atoms with E-state index in [4.69, 9.17) is 0 Å². The lowest BCUT2D eigenvalue weighted by molar-refractivity contribution is 0.126. The monoisotopic (exact) mass is 142 g/mol. The molecule has 1 heteroatoms. The van der Waals surface area contributed by atoms with Crippen molar-refractivity contribution in [3.05, 3.63) is 0 Å². The number of aliphatic hydroxyl groups excluding tert-OH is 1. The Kier molecular flexibility index (Phi) is 3.20. The van der Waals surface area contributed by atoms with Gasteiger partial charge in [0.05, 0.1) is 6.10 Å². The summed E-state index contributed by atoms with van der Waals surface area (Å²) in [6, 6.07) is 0. The number of unbranched alkanes of at least 4 members (excludes halogenated alkanes) is 1. The molecule has 0 spiro atoms. The molecular weight excluding hydrogens is 124 g/mol. The maximum atomic E-state index is 9.42. The summed E-state index contributed by atoms with van der Waals surface area (Å²) in [5, 5.41) is 9.42. The van der Waals surface area contributed by atoms with Crippen molar-refractivity contribution in [2.75, 3.05) is 0 Å². The molecule has 1 aliphatic carbocycles. The summed E-state index contributed by atoms with van der Waals surface area (Å²) >= 11 is 0. The van der Waals surface area contributed by atoms with E-state index < -0.39 is 0 Å². The van der Waals surface area contributed by atoms with Gasteiger partial charge in [-0.25, -0.2) is 0 Å². The van der Waals surface area contributed by atoms with Crippen molar-refractivity contribution >= 4 is 0 Å². The first kappa shape index (κ1) is 8.06. The molecule has 0 aliphatic heterocycles. The van der Waals surface area contributed by atoms with E-state index >= 15 is 0 Å². The molecule has 1 rings (SSSR count). The Labute approximate surface area is 63.4 Å². The van der Waals surface area contributed by atoms with Gasteiger partial charge in [0.15, 0.2) is 0 Å². The molecule has 0 amide bonds. The molecular formula is C9H18O. The SMILES string of the molecule is CCCCC1CCCC1O. The van der Waals surface area contributed by atoms with Crippen LogP contribution in [0.3, 0.4) is 0 Å². The van der Waals surface area contributed by atoms with Crippen LogP contribution in [0.15, 0.2) is 0 Å². The molecule has 0 radical (unpaired) electrons. The zero-order chi connectivity index (χ0) is 7.40. The van der Waals surface area contributed by atoms with Crippen LogP contribution in [0.2, 0.25) is 0 Å². The standard InChI is InChI=1S/C9H18O/c1-2-3-5-8-6-4-7-9(8)10/h8-10H,2-7H2,1H3. The van der Waals surface area contributed by atoms with Crippen molar-refractivity contribution < 1.29 is 5.11 Å². The van der Waals surface area contributed by atoms with Crippen molar-refractivity contribution in [1.82, 2.24) is 0 Å². The van der Waals surface area contributed by atoms with Crippen molar-refractivity contribution in [2.24, 2.45) is 5.92 Å². The van der Waals surface area contributed by atoms with E-state index in [9.17, 15) is 5.11 Å². The highest BCUT2D eigenvalue weighted by molar-refractivity contribution is 4.75. The van der Waals surface area contributed by atoms with Crippen molar-refractivity contribution in [3.8, 4) is 0 Å². The molecule has 1 N–H and O–H groups in total. The van der Waals surface area contributed by atoms with E-state index in [1.54, 1.807) is 0 Å². The van der Waals surface area contributed by atoms with Crippen LogP contribution in [-0.4, -0.2) is 11.2 Å². The minimum atomic E-state index is 0.0338. The Morgan fingerprint density at radius 3 is 2.70 bits per heavy atom. The summed E-state index contributed by atoms with van der Waals surface area (Å²) in [6.07, 6.45) is 7.40. The van der Waals surface area contributed by atoms with E-state index in [0.717, 1.165) is 6.42 Å². The topological polar surface area (TPSA) is 20.2 Å². The fourth-order valence-corrected chi connectivity index (χ4v) is 1.82. The van der Waals surface area contributed by atoms with Gasteiger partial charge < -0.3 is 5.11 Å². The Morgan fingerprint density at radius 2 is 2.20 bits per heavy atom. The normalized spacial score (nSPS) is 33.0. The van der Waals surface area contributed by atoms with Gasteiger partial charge in [0.2, 0.25) is 0 Å². The van der Waals surface area contributed by atoms with Gasteiger partial charge in [-0.3, -0.25) is 0 Å². The number of aliphatic hydroxyl groups is 1. The van der Waals surface area contributed by atoms with Gasteiger partial charge >= 0.3 is 0 Å². The smallest absolute Gasteiger partial charge is 0.0568 e. The third-order valence-electron chi connectivity index (χ3n) is 2.55. The van der Waals surface area contributed by atoms with Crippen LogP contribution in [0.1, 0.15) is 45.4 Å². The van der Waals surface area contributed by atoms with E-state index in [1.807, 2.05) is 0 Å². The van der Waals surface area contributed by atoms with Crippen molar-refractivity contribution in [1.29, 1.82) is 0 Å². The fraction of sp³-hybridized carbons (Fsp3) is 1.00. The summed E-state index contributed by atoms with van der Waals surface area (Å²) in [6.45, 7) is 2.21. The summed E-state index contributed by atoms with van der Waals surface area (Å²) in [4.78, 5) is 0. The molecule has 0 heterocycles. The lowest BCUT2D eigenvalue weighted by Gasteiger charge is -2.12. The van der Waals surface area contributed by atoms with Gasteiger partial charge in [0.25, 0.3) is 0 Å². The van der Waals surface area contributed by atoms with Crippen LogP contribution in [0.25, 0.3) is 0 Å². The minimum Gasteiger partial charge on any atom is -0.393 e. The predicted octanol–water partition coefficient (Wildman–Crippen LogP) is 2.34. The zero-order valence-electron chi connectivity index (χ0n) is 6.84. The molecule has 0 saturated heterocycles. The first-order valence-electron chi connectivity index (χ1n) is 4.52. The van der Waals surface area contributed by atoms with E-state index in [1.165, 1.54) is 32.1 Å². The van der Waals surface area contributed by atoms with Gasteiger partial charge in [-0.2, -0.15) is 0 Å². The van der Waals surface area contributed by atoms with Crippen LogP contribution < -0.4 is 0 Å². The lowest BCUT2D eigenvalue weighted by atomic mass is 9.99. The first-order valence-corrected chi connectivity index (χ1v) is 4.52. The van der Waals surface area contributed by atoms with Crippen LogP contribution in [0.4, 0.5) is 0 Å². The Balaban J connectivity index is 2.14. The maximum absolute atomic E-state index is 9.42. The van der Waals surface area contributed by atoms with Gasteiger partial charge in [-0.05, 0) is 25.2 Å². The van der Waals surface area contributed by atoms with Gasteiger partial charge in [0, 0.05) is 0 Å². The largest absolute Gasteiger partial charge is 0.393 e. The second-order valence-corrected chi connectivity index (χ2v) is 3.40. The Bertz CT molecular complexity index is 90.7. The van der Waals surface area contributed by atoms with E-state index in [0.29, 0.717) is 5.92 Å². The highest BCUT2D eigenvalue weighted by Gasteiger charge is 2.23. The van der Waals surface area contributed by atoms with E-state index in [-0.39, 0.29) is 6.10 Å². The summed E-state index contributed by atoms with van der Waals surface area (Å²) in [5.74, 6) is 0.639. The molecule has 1 saturated carbocycles. The number of hydrogen-bond donors (Lipinski definition) is 1. The molecule has 1 fully saturated rings. The average molecular weight is 142 g/mol. The molecule has 0 aromatic rings. The van der Waals surface area contributed by atoms with E-state index in [2.05, 4.69) is 6.92 Å². The number of hydrogen-bond acceptors (Lipinski definition) is 1. The predicted molar refractivity (Wildman–Crippen MR) is 42.9 cm³/mol. The molecule has 2 unspecified atom stereocenters. The number of rotatable bonds is 3. The second kappa shape index (κ2) is 3.97. The molecule has 60 valence electrons. The lowest BCUT2D eigenvalue weighted by Crippen LogP contribution is -2.12. The quantitative estimate of drug-likeness (QED) is 0.641. The zero-order valence-corrected chi connectivity index (χ0v) is 6.84. The van der Waals surface area contributed by atoms with Crippen LogP contribution in [0, 0.1) is 5.92 Å². The molecule has 0 bridgehead atoms. The van der Waals surface area contributed by atoms with Crippen molar-refractivity contribution in [2.45, 2.75) is 51.6 Å². The molecule has 2 atom stereocenters. The average Bonchev–Trinajstić information content (AvgIpc) is 2.31. The van der Waals surface area contributed by atoms with Crippen molar-refractivity contribution in [3.63, 3.8) is 0 Å². The molecule has 10 heavy (non-hydrogen) atoms. The Morgan fingerprint density at radius 1 is 1.40 bits per heavy atom. The third-order valence-corrected chi connectivity index (χ3v) is 2.55. The highest BCUT2D eigenvalue weighted by atomic mass is 16.3. The Hall–Kier alpha value is -0.0400. The molecule has 0 aromatic heterocycles. The summed E-state index contributed by atoms with van der Waals surface area (Å²) in [5.41, 5.74) is 0. The van der Waals surface area contributed by atoms with Crippen LogP contribution in [0.5, 0.6) is 0 Å². The summed E-state index contributed by atoms with van der Waals surface area (Å²) in [7, 11) is 0. The molecule has 1 aliphatic rings. The van der Waals surface area contributed by atoms with Gasteiger partial charge in [0.1, 0.15) is 0 Å². The second-order valence-electron chi connectivity index (χ2n) is 3.40. The third kappa shape index (κ3) is 1.98. The first-order chi connectivity index (χ1) is 4.84. The highest BCUT2D eigenvalue weighted by Crippen LogP contribution is 2.29.